The second-order valence-electron chi connectivity index (χ2n) is 7.63. The van der Waals surface area contributed by atoms with Crippen molar-refractivity contribution in [3.8, 4) is 6.07 Å². The van der Waals surface area contributed by atoms with Gasteiger partial charge in [0, 0.05) is 36.7 Å². The molecule has 1 aromatic heterocycles. The molecule has 0 saturated carbocycles. The van der Waals surface area contributed by atoms with Gasteiger partial charge < -0.3 is 24.6 Å². The van der Waals surface area contributed by atoms with E-state index in [4.69, 9.17) is 9.47 Å². The van der Waals surface area contributed by atoms with Gasteiger partial charge in [0.15, 0.2) is 0 Å². The molecule has 0 spiro atoms. The lowest BCUT2D eigenvalue weighted by Crippen LogP contribution is -2.48. The van der Waals surface area contributed by atoms with Crippen LogP contribution in [0.25, 0.3) is 10.9 Å². The van der Waals surface area contributed by atoms with Gasteiger partial charge in [0.1, 0.15) is 6.04 Å². The topological polar surface area (TPSA) is 108 Å². The van der Waals surface area contributed by atoms with Gasteiger partial charge in [-0.3, -0.25) is 14.6 Å². The predicted octanol–water partition coefficient (Wildman–Crippen LogP) is 1.24. The summed E-state index contributed by atoms with van der Waals surface area (Å²) in [4.78, 5) is 33.5. The van der Waals surface area contributed by atoms with E-state index in [-0.39, 0.29) is 24.4 Å². The molecule has 1 aromatic carbocycles. The molecule has 4 rings (SSSR count). The summed E-state index contributed by atoms with van der Waals surface area (Å²) in [5.74, 6) is 0.458. The van der Waals surface area contributed by atoms with E-state index in [0.717, 1.165) is 12.2 Å². The van der Waals surface area contributed by atoms with Crippen LogP contribution >= 0.6 is 11.8 Å². The molecule has 2 atom stereocenters. The van der Waals surface area contributed by atoms with Crippen LogP contribution in [0.5, 0.6) is 0 Å². The lowest BCUT2D eigenvalue weighted by Gasteiger charge is -2.37. The van der Waals surface area contributed by atoms with Gasteiger partial charge in [0.2, 0.25) is 5.91 Å². The Balaban J connectivity index is 1.53. The van der Waals surface area contributed by atoms with Crippen molar-refractivity contribution in [1.82, 2.24) is 15.2 Å². The lowest BCUT2D eigenvalue weighted by atomic mass is 10.1. The van der Waals surface area contributed by atoms with Crippen LogP contribution in [0.15, 0.2) is 30.5 Å². The van der Waals surface area contributed by atoms with Crippen molar-refractivity contribution < 1.29 is 19.1 Å². The van der Waals surface area contributed by atoms with E-state index < -0.39 is 6.04 Å². The Morgan fingerprint density at radius 1 is 1.41 bits per heavy atom. The number of methoxy groups -OCH3 is 1. The second kappa shape index (κ2) is 10.2. The number of hydrogen-bond donors (Lipinski definition) is 1. The number of nitrogens with zero attached hydrogens (tertiary/aromatic N) is 4. The standard InChI is InChI=1S/C22H25N5O4S/c1-30-11-17-12-31-7-6-26(17)15-2-3-20-19(8-15)18(4-5-24-20)22(29)25-10-21(28)27-14-32-13-16(27)9-23/h2-5,8,16-17H,6-7,10-14H2,1H3,(H,25,29)/t16-,17+/m1/s1. The summed E-state index contributed by atoms with van der Waals surface area (Å²) in [6, 6.07) is 9.26. The number of carbonyl (C=O) groups excluding carboxylic acids is 2. The third-order valence-electron chi connectivity index (χ3n) is 5.64. The number of morpholine rings is 1. The van der Waals surface area contributed by atoms with Crippen molar-refractivity contribution in [2.75, 3.05) is 56.5 Å². The highest BCUT2D eigenvalue weighted by Crippen LogP contribution is 2.26. The first-order valence-corrected chi connectivity index (χ1v) is 11.5. The van der Waals surface area contributed by atoms with Crippen LogP contribution in [0.4, 0.5) is 5.69 Å². The summed E-state index contributed by atoms with van der Waals surface area (Å²) < 4.78 is 10.9. The fourth-order valence-electron chi connectivity index (χ4n) is 3.98. The molecule has 0 bridgehead atoms. The SMILES string of the molecule is COC[C@H]1COCCN1c1ccc2nccc(C(=O)NCC(=O)N3CSC[C@H]3C#N)c2c1. The average molecular weight is 456 g/mol. The lowest BCUT2D eigenvalue weighted by molar-refractivity contribution is -0.129. The van der Waals surface area contributed by atoms with E-state index in [9.17, 15) is 14.9 Å². The van der Waals surface area contributed by atoms with Gasteiger partial charge in [0.05, 0.1) is 55.4 Å². The number of ether oxygens (including phenoxy) is 2. The van der Waals surface area contributed by atoms with Gasteiger partial charge in [-0.2, -0.15) is 5.26 Å². The fourth-order valence-corrected chi connectivity index (χ4v) is 5.09. The Kier molecular flexibility index (Phi) is 7.09. The van der Waals surface area contributed by atoms with Gasteiger partial charge in [-0.25, -0.2) is 0 Å². The molecule has 168 valence electrons. The molecular weight excluding hydrogens is 430 g/mol. The molecule has 2 aliphatic rings. The Bertz CT molecular complexity index is 1040. The molecule has 2 aromatic rings. The number of anilines is 1. The van der Waals surface area contributed by atoms with Gasteiger partial charge in [-0.05, 0) is 24.3 Å². The molecular formula is C22H25N5O4S. The normalized spacial score (nSPS) is 20.9. The highest BCUT2D eigenvalue weighted by molar-refractivity contribution is 7.99. The van der Waals surface area contributed by atoms with Crippen molar-refractivity contribution >= 4 is 40.2 Å². The summed E-state index contributed by atoms with van der Waals surface area (Å²) in [7, 11) is 1.67. The molecule has 1 N–H and O–H groups in total. The first-order valence-electron chi connectivity index (χ1n) is 10.4. The van der Waals surface area contributed by atoms with E-state index in [1.165, 1.54) is 16.7 Å². The number of hydrogen-bond acceptors (Lipinski definition) is 8. The predicted molar refractivity (Wildman–Crippen MR) is 121 cm³/mol. The van der Waals surface area contributed by atoms with Gasteiger partial charge in [0.25, 0.3) is 5.91 Å². The van der Waals surface area contributed by atoms with Crippen LogP contribution in [0.3, 0.4) is 0 Å². The molecule has 0 aliphatic carbocycles. The van der Waals surface area contributed by atoms with Crippen molar-refractivity contribution in [1.29, 1.82) is 5.26 Å². The number of aromatic nitrogens is 1. The molecule has 2 aliphatic heterocycles. The third kappa shape index (κ3) is 4.65. The van der Waals surface area contributed by atoms with E-state index in [1.807, 2.05) is 18.2 Å². The minimum Gasteiger partial charge on any atom is -0.382 e. The molecule has 2 fully saturated rings. The number of rotatable bonds is 6. The maximum Gasteiger partial charge on any atom is 0.252 e. The summed E-state index contributed by atoms with van der Waals surface area (Å²) >= 11 is 1.53. The zero-order chi connectivity index (χ0) is 22.5. The molecule has 2 saturated heterocycles. The molecule has 3 heterocycles. The van der Waals surface area contributed by atoms with Gasteiger partial charge in [-0.1, -0.05) is 0 Å². The zero-order valence-electron chi connectivity index (χ0n) is 17.8. The number of amides is 2. The maximum absolute atomic E-state index is 13.0. The van der Waals surface area contributed by atoms with E-state index in [0.29, 0.717) is 47.9 Å². The number of pyridine rings is 1. The Morgan fingerprint density at radius 2 is 2.28 bits per heavy atom. The van der Waals surface area contributed by atoms with Gasteiger partial charge in [-0.15, -0.1) is 11.8 Å². The Hall–Kier alpha value is -2.87. The summed E-state index contributed by atoms with van der Waals surface area (Å²) in [6.07, 6.45) is 1.59. The average Bonchev–Trinajstić information content (AvgIpc) is 3.31. The number of benzene rings is 1. The number of thioether (sulfide) groups is 1. The van der Waals surface area contributed by atoms with E-state index in [2.05, 4.69) is 21.3 Å². The molecule has 32 heavy (non-hydrogen) atoms. The first kappa shape index (κ1) is 22.3. The third-order valence-corrected chi connectivity index (χ3v) is 6.65. The molecule has 9 nitrogen and oxygen atoms in total. The molecule has 10 heteroatoms. The first-order chi connectivity index (χ1) is 15.6. The minimum atomic E-state index is -0.442. The van der Waals surface area contributed by atoms with E-state index in [1.54, 1.807) is 19.4 Å². The number of nitrogens with one attached hydrogen (secondary N) is 1. The van der Waals surface area contributed by atoms with Crippen molar-refractivity contribution in [2.24, 2.45) is 0 Å². The fraction of sp³-hybridized carbons (Fsp3) is 0.455. The van der Waals surface area contributed by atoms with Gasteiger partial charge >= 0.3 is 0 Å². The Morgan fingerprint density at radius 3 is 3.09 bits per heavy atom. The molecule has 0 radical (unpaired) electrons. The highest BCUT2D eigenvalue weighted by Gasteiger charge is 2.29. The Labute approximate surface area is 190 Å². The van der Waals surface area contributed by atoms with Crippen molar-refractivity contribution in [3.05, 3.63) is 36.0 Å². The van der Waals surface area contributed by atoms with Crippen LogP contribution in [0, 0.1) is 11.3 Å². The van der Waals surface area contributed by atoms with Crippen molar-refractivity contribution in [2.45, 2.75) is 12.1 Å². The summed E-state index contributed by atoms with van der Waals surface area (Å²) in [5, 5.41) is 12.6. The number of carbonyl (C=O) groups is 2. The smallest absolute Gasteiger partial charge is 0.252 e. The van der Waals surface area contributed by atoms with Crippen LogP contribution in [-0.4, -0.2) is 85.4 Å². The highest BCUT2D eigenvalue weighted by atomic mass is 32.2. The van der Waals surface area contributed by atoms with Crippen LogP contribution in [0.1, 0.15) is 10.4 Å². The molecule has 0 unspecified atom stereocenters. The summed E-state index contributed by atoms with van der Waals surface area (Å²) in [6.45, 7) is 2.31. The number of nitriles is 1. The van der Waals surface area contributed by atoms with Crippen molar-refractivity contribution in [3.63, 3.8) is 0 Å². The molecule has 2 amide bonds. The van der Waals surface area contributed by atoms with Crippen LogP contribution < -0.4 is 10.2 Å². The van der Waals surface area contributed by atoms with Crippen LogP contribution in [-0.2, 0) is 14.3 Å². The quantitative estimate of drug-likeness (QED) is 0.693. The monoisotopic (exact) mass is 455 g/mol. The maximum atomic E-state index is 13.0. The second-order valence-corrected chi connectivity index (χ2v) is 8.63. The number of fused-ring (bicyclic) bond motifs is 1. The minimum absolute atomic E-state index is 0.0872. The van der Waals surface area contributed by atoms with Crippen LogP contribution in [0.2, 0.25) is 0 Å². The largest absolute Gasteiger partial charge is 0.382 e. The zero-order valence-corrected chi connectivity index (χ0v) is 18.6. The van der Waals surface area contributed by atoms with E-state index >= 15 is 0 Å². The summed E-state index contributed by atoms with van der Waals surface area (Å²) in [5.41, 5.74) is 2.12.